The smallest absolute Gasteiger partial charge is 0.234 e. The summed E-state index contributed by atoms with van der Waals surface area (Å²) in [6, 6.07) is 0. The molecule has 2 aliphatic heterocycles. The van der Waals surface area contributed by atoms with Crippen molar-refractivity contribution in [3.63, 3.8) is 0 Å². The Hall–Kier alpha value is -1.31. The van der Waals surface area contributed by atoms with Crippen molar-refractivity contribution in [3.8, 4) is 11.8 Å². The summed E-state index contributed by atoms with van der Waals surface area (Å²) in [7, 11) is 0. The van der Waals surface area contributed by atoms with Crippen molar-refractivity contribution in [1.29, 1.82) is 0 Å². The summed E-state index contributed by atoms with van der Waals surface area (Å²) >= 11 is 0. The van der Waals surface area contributed by atoms with E-state index in [0.29, 0.717) is 11.8 Å². The van der Waals surface area contributed by atoms with Crippen molar-refractivity contribution in [1.82, 2.24) is 9.80 Å². The number of rotatable bonds is 2. The van der Waals surface area contributed by atoms with E-state index >= 15 is 0 Å². The maximum absolute atomic E-state index is 12.4. The number of allylic oxidation sites excluding steroid dienone is 2. The maximum atomic E-state index is 12.4. The Morgan fingerprint density at radius 1 is 0.955 bits per heavy atom. The van der Waals surface area contributed by atoms with E-state index in [-0.39, 0.29) is 42.6 Å². The third kappa shape index (κ3) is 2.37. The third-order valence-electron chi connectivity index (χ3n) is 5.43. The molecule has 2 bridgehead atoms. The lowest BCUT2D eigenvalue weighted by Crippen LogP contribution is -2.33. The van der Waals surface area contributed by atoms with E-state index in [4.69, 9.17) is 0 Å². The highest BCUT2D eigenvalue weighted by molar-refractivity contribution is 6.06. The highest BCUT2D eigenvalue weighted by Crippen LogP contribution is 2.52. The quantitative estimate of drug-likeness (QED) is 0.438. The molecule has 4 unspecified atom stereocenters. The molecule has 5 heteroatoms. The monoisotopic (exact) mass is 320 g/mol. The summed E-state index contributed by atoms with van der Waals surface area (Å²) in [5.74, 6) is 6.56. The number of carbonyl (C=O) groups excluding carboxylic acids is 2. The first-order valence-corrected chi connectivity index (χ1v) is 7.97. The van der Waals surface area contributed by atoms with E-state index in [1.54, 1.807) is 0 Å². The van der Waals surface area contributed by atoms with Crippen LogP contribution in [-0.2, 0) is 9.59 Å². The lowest BCUT2D eigenvalue weighted by atomic mass is 9.85. The van der Waals surface area contributed by atoms with Gasteiger partial charge in [-0.25, -0.2) is 0 Å². The average Bonchev–Trinajstić information content (AvgIpc) is 3.23. The molecule has 0 aromatic heterocycles. The number of hydrogen-bond acceptors (Lipinski definition) is 3. The number of imide groups is 1. The lowest BCUT2D eigenvalue weighted by Gasteiger charge is -2.14. The van der Waals surface area contributed by atoms with Crippen LogP contribution < -0.4 is 0 Å². The summed E-state index contributed by atoms with van der Waals surface area (Å²) in [5, 5.41) is 0. The van der Waals surface area contributed by atoms with Crippen molar-refractivity contribution in [2.24, 2.45) is 23.7 Å². The van der Waals surface area contributed by atoms with Crippen molar-refractivity contribution < 1.29 is 9.59 Å². The van der Waals surface area contributed by atoms with Gasteiger partial charge in [0.1, 0.15) is 0 Å². The topological polar surface area (TPSA) is 40.6 Å². The van der Waals surface area contributed by atoms with Gasteiger partial charge in [0, 0.05) is 0 Å². The molecule has 118 valence electrons. The molecule has 1 saturated carbocycles. The SMILES string of the molecule is Cl.O=C1C2C3C=CC(C3)C2C(=O)N1CC#CCN1CCCC1. The first-order valence-electron chi connectivity index (χ1n) is 7.97. The largest absolute Gasteiger partial charge is 0.292 e. The molecule has 2 aliphatic carbocycles. The first kappa shape index (κ1) is 15.6. The molecule has 0 spiro atoms. The highest BCUT2D eigenvalue weighted by atomic mass is 35.5. The molecule has 4 rings (SSSR count). The number of likely N-dealkylation sites (tertiary alicyclic amines) is 2. The van der Waals surface area contributed by atoms with E-state index in [1.165, 1.54) is 17.7 Å². The van der Waals surface area contributed by atoms with Crippen LogP contribution in [0.15, 0.2) is 12.2 Å². The van der Waals surface area contributed by atoms with Gasteiger partial charge in [0.15, 0.2) is 0 Å². The maximum Gasteiger partial charge on any atom is 0.234 e. The molecule has 0 radical (unpaired) electrons. The Morgan fingerprint density at radius 2 is 1.50 bits per heavy atom. The molecule has 3 fully saturated rings. The van der Waals surface area contributed by atoms with Gasteiger partial charge in [0.05, 0.1) is 24.9 Å². The van der Waals surface area contributed by atoms with Gasteiger partial charge in [0.2, 0.25) is 11.8 Å². The van der Waals surface area contributed by atoms with Crippen LogP contribution in [0.3, 0.4) is 0 Å². The van der Waals surface area contributed by atoms with E-state index in [0.717, 1.165) is 26.1 Å². The number of halogens is 1. The molecule has 2 saturated heterocycles. The Balaban J connectivity index is 0.00000144. The number of amides is 2. The molecule has 2 heterocycles. The summed E-state index contributed by atoms with van der Waals surface area (Å²) in [6.07, 6.45) is 7.74. The van der Waals surface area contributed by atoms with Crippen LogP contribution >= 0.6 is 12.4 Å². The standard InChI is InChI=1S/C17H20N2O2.ClH/c20-16-14-12-5-6-13(11-12)15(14)17(21)19(16)10-4-3-9-18-7-1-2-8-18;/h5-6,12-15H,1-2,7-11H2;1H. The number of fused-ring (bicyclic) bond motifs is 5. The van der Waals surface area contributed by atoms with Gasteiger partial charge in [-0.3, -0.25) is 19.4 Å². The molecule has 0 N–H and O–H groups in total. The van der Waals surface area contributed by atoms with Crippen LogP contribution in [0.1, 0.15) is 19.3 Å². The summed E-state index contributed by atoms with van der Waals surface area (Å²) < 4.78 is 0. The Labute approximate surface area is 137 Å². The third-order valence-corrected chi connectivity index (χ3v) is 5.43. The summed E-state index contributed by atoms with van der Waals surface area (Å²) in [5.41, 5.74) is 0. The minimum Gasteiger partial charge on any atom is -0.292 e. The second-order valence-electron chi connectivity index (χ2n) is 6.60. The van der Waals surface area contributed by atoms with Gasteiger partial charge in [-0.2, -0.15) is 0 Å². The first-order chi connectivity index (χ1) is 10.3. The molecule has 0 aromatic rings. The van der Waals surface area contributed by atoms with Crippen LogP contribution in [0.25, 0.3) is 0 Å². The number of nitrogens with zero attached hydrogens (tertiary/aromatic N) is 2. The van der Waals surface area contributed by atoms with E-state index in [9.17, 15) is 9.59 Å². The fourth-order valence-corrected chi connectivity index (χ4v) is 4.36. The minimum absolute atomic E-state index is 0. The van der Waals surface area contributed by atoms with Gasteiger partial charge in [-0.1, -0.05) is 24.0 Å². The molecule has 4 aliphatic rings. The zero-order valence-corrected chi connectivity index (χ0v) is 13.3. The van der Waals surface area contributed by atoms with Crippen LogP contribution in [0.4, 0.5) is 0 Å². The molecule has 2 amide bonds. The molecular weight excluding hydrogens is 300 g/mol. The normalized spacial score (nSPS) is 35.5. The molecule has 22 heavy (non-hydrogen) atoms. The predicted molar refractivity (Wildman–Crippen MR) is 85.1 cm³/mol. The van der Waals surface area contributed by atoms with Gasteiger partial charge >= 0.3 is 0 Å². The van der Waals surface area contributed by atoms with E-state index in [1.807, 2.05) is 0 Å². The van der Waals surface area contributed by atoms with E-state index in [2.05, 4.69) is 28.9 Å². The minimum atomic E-state index is -0.0899. The van der Waals surface area contributed by atoms with Crippen LogP contribution in [-0.4, -0.2) is 47.8 Å². The van der Waals surface area contributed by atoms with Crippen molar-refractivity contribution in [2.75, 3.05) is 26.2 Å². The Bertz CT molecular complexity index is 541. The average molecular weight is 321 g/mol. The van der Waals surface area contributed by atoms with Gasteiger partial charge < -0.3 is 0 Å². The van der Waals surface area contributed by atoms with Crippen molar-refractivity contribution in [3.05, 3.63) is 12.2 Å². The summed E-state index contributed by atoms with van der Waals surface area (Å²) in [4.78, 5) is 28.6. The van der Waals surface area contributed by atoms with Crippen molar-refractivity contribution >= 4 is 24.2 Å². The highest BCUT2D eigenvalue weighted by Gasteiger charge is 2.58. The fourth-order valence-electron chi connectivity index (χ4n) is 4.36. The summed E-state index contributed by atoms with van der Waals surface area (Å²) in [6.45, 7) is 3.28. The second-order valence-corrected chi connectivity index (χ2v) is 6.60. The number of carbonyl (C=O) groups is 2. The van der Waals surface area contributed by atoms with Crippen LogP contribution in [0.5, 0.6) is 0 Å². The molecular formula is C17H21ClN2O2. The Morgan fingerprint density at radius 3 is 2.09 bits per heavy atom. The molecule has 4 atom stereocenters. The Kier molecular flexibility index (Phi) is 4.29. The van der Waals surface area contributed by atoms with Gasteiger partial charge in [0.25, 0.3) is 0 Å². The zero-order chi connectivity index (χ0) is 14.4. The van der Waals surface area contributed by atoms with Crippen LogP contribution in [0, 0.1) is 35.5 Å². The fraction of sp³-hybridized carbons (Fsp3) is 0.647. The predicted octanol–water partition coefficient (Wildman–Crippen LogP) is 1.31. The van der Waals surface area contributed by atoms with Crippen molar-refractivity contribution in [2.45, 2.75) is 19.3 Å². The van der Waals surface area contributed by atoms with Crippen LogP contribution in [0.2, 0.25) is 0 Å². The zero-order valence-electron chi connectivity index (χ0n) is 12.5. The van der Waals surface area contributed by atoms with E-state index < -0.39 is 0 Å². The molecule has 4 nitrogen and oxygen atoms in total. The van der Waals surface area contributed by atoms with Gasteiger partial charge in [-0.15, -0.1) is 12.4 Å². The molecule has 0 aromatic carbocycles. The second kappa shape index (κ2) is 6.06. The van der Waals surface area contributed by atoms with Gasteiger partial charge in [-0.05, 0) is 44.2 Å². The lowest BCUT2D eigenvalue weighted by molar-refractivity contribution is -0.139. The number of hydrogen-bond donors (Lipinski definition) is 0.